The first-order valence-electron chi connectivity index (χ1n) is 4.81. The van der Waals surface area contributed by atoms with E-state index in [0.29, 0.717) is 6.42 Å². The molecule has 0 aromatic heterocycles. The quantitative estimate of drug-likeness (QED) is 0.714. The van der Waals surface area contributed by atoms with Crippen molar-refractivity contribution >= 4 is 5.91 Å². The molecule has 1 rings (SSSR count). The summed E-state index contributed by atoms with van der Waals surface area (Å²) in [6.45, 7) is 9.85. The molecule has 0 aromatic rings. The molecule has 0 unspecified atom stereocenters. The Hall–Kier alpha value is -1.31. The van der Waals surface area contributed by atoms with Gasteiger partial charge in [0.25, 0.3) is 0 Å². The van der Waals surface area contributed by atoms with Crippen LogP contribution in [0.1, 0.15) is 27.2 Å². The van der Waals surface area contributed by atoms with Gasteiger partial charge in [-0.15, -0.1) is 0 Å². The van der Waals surface area contributed by atoms with Crippen LogP contribution in [0.2, 0.25) is 0 Å². The minimum Gasteiger partial charge on any atom is -0.326 e. The molecule has 2 nitrogen and oxygen atoms in total. The number of nitrogens with one attached hydrogen (secondary N) is 1. The van der Waals surface area contributed by atoms with E-state index in [9.17, 15) is 4.79 Å². The number of hydrogen-bond acceptors (Lipinski definition) is 1. The molecule has 1 aliphatic heterocycles. The number of hydrogen-bond donors (Lipinski definition) is 1. The fraction of sp³-hybridized carbons (Fsp3) is 0.417. The third-order valence-corrected chi connectivity index (χ3v) is 2.43. The minimum absolute atomic E-state index is 0.0775. The van der Waals surface area contributed by atoms with Gasteiger partial charge in [0, 0.05) is 17.5 Å². The zero-order valence-electron chi connectivity index (χ0n) is 9.05. The van der Waals surface area contributed by atoms with E-state index >= 15 is 0 Å². The zero-order valence-corrected chi connectivity index (χ0v) is 9.05. The largest absolute Gasteiger partial charge is 0.326 e. The summed E-state index contributed by atoms with van der Waals surface area (Å²) in [6.07, 6.45) is 6.18. The van der Waals surface area contributed by atoms with E-state index < -0.39 is 0 Å². The van der Waals surface area contributed by atoms with Crippen LogP contribution in [0.3, 0.4) is 0 Å². The first kappa shape index (κ1) is 10.8. The highest BCUT2D eigenvalue weighted by Crippen LogP contribution is 2.35. The van der Waals surface area contributed by atoms with Crippen LogP contribution < -0.4 is 5.32 Å². The Morgan fingerprint density at radius 3 is 2.64 bits per heavy atom. The molecule has 1 amide bonds. The monoisotopic (exact) mass is 191 g/mol. The van der Waals surface area contributed by atoms with Gasteiger partial charge in [-0.25, -0.2) is 0 Å². The number of amides is 1. The van der Waals surface area contributed by atoms with Gasteiger partial charge in [-0.05, 0) is 18.6 Å². The Labute approximate surface area is 85.4 Å². The molecule has 76 valence electrons. The molecule has 0 saturated carbocycles. The van der Waals surface area contributed by atoms with Crippen molar-refractivity contribution in [2.24, 2.45) is 5.41 Å². The highest BCUT2D eigenvalue weighted by atomic mass is 16.1. The Morgan fingerprint density at radius 1 is 1.50 bits per heavy atom. The summed E-state index contributed by atoms with van der Waals surface area (Å²) in [5, 5.41) is 2.86. The predicted octanol–water partition coefficient (Wildman–Crippen LogP) is 2.55. The van der Waals surface area contributed by atoms with Gasteiger partial charge in [0.1, 0.15) is 0 Å². The van der Waals surface area contributed by atoms with E-state index in [1.807, 2.05) is 25.2 Å². The molecule has 1 aliphatic rings. The molecular formula is C12H17NO. The molecule has 0 fully saturated rings. The second-order valence-electron chi connectivity index (χ2n) is 4.14. The molecule has 0 radical (unpaired) electrons. The summed E-state index contributed by atoms with van der Waals surface area (Å²) in [7, 11) is 0. The SMILES string of the molecule is C=CC1=C(/C=C\C)NC(=O)CC1(C)C. The van der Waals surface area contributed by atoms with Gasteiger partial charge in [-0.3, -0.25) is 4.79 Å². The Bertz CT molecular complexity index is 321. The van der Waals surface area contributed by atoms with Crippen LogP contribution in [0.15, 0.2) is 36.1 Å². The van der Waals surface area contributed by atoms with Gasteiger partial charge >= 0.3 is 0 Å². The van der Waals surface area contributed by atoms with Crippen molar-refractivity contribution in [1.82, 2.24) is 5.32 Å². The van der Waals surface area contributed by atoms with E-state index in [4.69, 9.17) is 0 Å². The van der Waals surface area contributed by atoms with Crippen molar-refractivity contribution in [3.05, 3.63) is 36.1 Å². The number of carbonyl (C=O) groups excluding carboxylic acids is 1. The zero-order chi connectivity index (χ0) is 10.8. The van der Waals surface area contributed by atoms with Gasteiger partial charge in [0.05, 0.1) is 0 Å². The Morgan fingerprint density at radius 2 is 2.14 bits per heavy atom. The van der Waals surface area contributed by atoms with Crippen molar-refractivity contribution < 1.29 is 4.79 Å². The summed E-state index contributed by atoms with van der Waals surface area (Å²) in [5.41, 5.74) is 1.87. The third-order valence-electron chi connectivity index (χ3n) is 2.43. The van der Waals surface area contributed by atoms with Crippen LogP contribution in [0.25, 0.3) is 0 Å². The van der Waals surface area contributed by atoms with Gasteiger partial charge in [-0.2, -0.15) is 0 Å². The topological polar surface area (TPSA) is 29.1 Å². The van der Waals surface area contributed by atoms with Crippen molar-refractivity contribution in [2.75, 3.05) is 0 Å². The Balaban J connectivity index is 3.21. The van der Waals surface area contributed by atoms with E-state index in [0.717, 1.165) is 11.3 Å². The maximum atomic E-state index is 11.4. The lowest BCUT2D eigenvalue weighted by molar-refractivity contribution is -0.122. The van der Waals surface area contributed by atoms with E-state index in [2.05, 4.69) is 25.7 Å². The molecule has 2 heteroatoms. The van der Waals surface area contributed by atoms with Crippen LogP contribution in [-0.4, -0.2) is 5.91 Å². The van der Waals surface area contributed by atoms with Crippen molar-refractivity contribution in [2.45, 2.75) is 27.2 Å². The van der Waals surface area contributed by atoms with Crippen LogP contribution in [0.4, 0.5) is 0 Å². The summed E-state index contributed by atoms with van der Waals surface area (Å²) >= 11 is 0. The lowest BCUT2D eigenvalue weighted by Crippen LogP contribution is -2.36. The van der Waals surface area contributed by atoms with Gasteiger partial charge in [0.15, 0.2) is 0 Å². The summed E-state index contributed by atoms with van der Waals surface area (Å²) in [6, 6.07) is 0. The third kappa shape index (κ3) is 1.95. The van der Waals surface area contributed by atoms with Gasteiger partial charge < -0.3 is 5.32 Å². The summed E-state index contributed by atoms with van der Waals surface area (Å²) < 4.78 is 0. The molecular weight excluding hydrogens is 174 g/mol. The second kappa shape index (κ2) is 3.82. The van der Waals surface area contributed by atoms with Gasteiger partial charge in [0.2, 0.25) is 5.91 Å². The molecule has 1 heterocycles. The molecule has 0 atom stereocenters. The highest BCUT2D eigenvalue weighted by Gasteiger charge is 2.31. The maximum Gasteiger partial charge on any atom is 0.225 e. The fourth-order valence-corrected chi connectivity index (χ4v) is 1.81. The predicted molar refractivity (Wildman–Crippen MR) is 58.6 cm³/mol. The minimum atomic E-state index is -0.112. The van der Waals surface area contributed by atoms with E-state index in [-0.39, 0.29) is 11.3 Å². The first-order chi connectivity index (χ1) is 6.51. The van der Waals surface area contributed by atoms with E-state index in [1.54, 1.807) is 0 Å². The molecule has 14 heavy (non-hydrogen) atoms. The average molecular weight is 191 g/mol. The molecule has 0 bridgehead atoms. The average Bonchev–Trinajstić information content (AvgIpc) is 2.01. The van der Waals surface area contributed by atoms with Crippen LogP contribution in [0.5, 0.6) is 0 Å². The molecule has 0 aromatic carbocycles. The lowest BCUT2D eigenvalue weighted by atomic mass is 9.77. The van der Waals surface area contributed by atoms with Crippen LogP contribution >= 0.6 is 0 Å². The lowest BCUT2D eigenvalue weighted by Gasteiger charge is -2.32. The standard InChI is InChI=1S/C12H17NO/c1-5-7-10-9(6-2)12(3,4)8-11(14)13-10/h5-7H,2,8H2,1,3-4H3,(H,13,14)/b7-5-. The molecule has 0 saturated heterocycles. The normalized spacial score (nSPS) is 21.2. The van der Waals surface area contributed by atoms with Crippen molar-refractivity contribution in [1.29, 1.82) is 0 Å². The smallest absolute Gasteiger partial charge is 0.225 e. The highest BCUT2D eigenvalue weighted by molar-refractivity contribution is 5.82. The first-order valence-corrected chi connectivity index (χ1v) is 4.81. The molecule has 0 aliphatic carbocycles. The number of carbonyl (C=O) groups is 1. The maximum absolute atomic E-state index is 11.4. The van der Waals surface area contributed by atoms with Gasteiger partial charge in [-0.1, -0.05) is 32.6 Å². The van der Waals surface area contributed by atoms with Crippen LogP contribution in [0, 0.1) is 5.41 Å². The molecule has 0 spiro atoms. The number of allylic oxidation sites excluding steroid dienone is 4. The fourth-order valence-electron chi connectivity index (χ4n) is 1.81. The Kier molecular flexibility index (Phi) is 2.94. The molecule has 1 N–H and O–H groups in total. The summed E-state index contributed by atoms with van der Waals surface area (Å²) in [4.78, 5) is 11.4. The van der Waals surface area contributed by atoms with Crippen LogP contribution in [-0.2, 0) is 4.79 Å². The van der Waals surface area contributed by atoms with Crippen molar-refractivity contribution in [3.8, 4) is 0 Å². The number of rotatable bonds is 2. The van der Waals surface area contributed by atoms with E-state index in [1.165, 1.54) is 0 Å². The summed E-state index contributed by atoms with van der Waals surface area (Å²) in [5.74, 6) is 0.0775. The second-order valence-corrected chi connectivity index (χ2v) is 4.14. The van der Waals surface area contributed by atoms with Crippen molar-refractivity contribution in [3.63, 3.8) is 0 Å².